The minimum absolute atomic E-state index is 0.0219. The number of likely N-dealkylation sites (tertiary alicyclic amines) is 1. The second-order valence-electron chi connectivity index (χ2n) is 7.82. The molecule has 2 fully saturated rings. The Morgan fingerprint density at radius 1 is 1.21 bits per heavy atom. The van der Waals surface area contributed by atoms with Gasteiger partial charge in [-0.05, 0) is 30.4 Å². The summed E-state index contributed by atoms with van der Waals surface area (Å²) in [6, 6.07) is 7.76. The smallest absolute Gasteiger partial charge is 0.246 e. The van der Waals surface area contributed by atoms with Crippen molar-refractivity contribution >= 4 is 29.7 Å². The van der Waals surface area contributed by atoms with E-state index in [1.807, 2.05) is 17.0 Å². The summed E-state index contributed by atoms with van der Waals surface area (Å²) in [4.78, 5) is 30.0. The molecule has 1 aromatic rings. The van der Waals surface area contributed by atoms with Gasteiger partial charge in [0.2, 0.25) is 11.8 Å². The number of thioether (sulfide) groups is 1. The number of benzene rings is 1. The van der Waals surface area contributed by atoms with Gasteiger partial charge in [-0.15, -0.1) is 11.8 Å². The van der Waals surface area contributed by atoms with Gasteiger partial charge >= 0.3 is 0 Å². The zero-order valence-corrected chi connectivity index (χ0v) is 17.8. The molecule has 0 unspecified atom stereocenters. The molecule has 1 aromatic carbocycles. The highest BCUT2D eigenvalue weighted by Crippen LogP contribution is 2.31. The minimum atomic E-state index is -0.443. The van der Waals surface area contributed by atoms with Crippen LogP contribution in [0.3, 0.4) is 0 Å². The van der Waals surface area contributed by atoms with Gasteiger partial charge in [0.15, 0.2) is 6.29 Å². The summed E-state index contributed by atoms with van der Waals surface area (Å²) < 4.78 is 10.8. The van der Waals surface area contributed by atoms with Gasteiger partial charge in [0.1, 0.15) is 6.04 Å². The van der Waals surface area contributed by atoms with Crippen molar-refractivity contribution in [1.29, 1.82) is 0 Å². The van der Waals surface area contributed by atoms with E-state index in [4.69, 9.17) is 9.47 Å². The van der Waals surface area contributed by atoms with Crippen LogP contribution in [0.15, 0.2) is 29.8 Å². The Labute approximate surface area is 176 Å². The average molecular weight is 417 g/mol. The third kappa shape index (κ3) is 4.09. The molecular weight excluding hydrogens is 388 g/mol. The lowest BCUT2D eigenvalue weighted by atomic mass is 10.1. The molecule has 2 aliphatic heterocycles. The van der Waals surface area contributed by atoms with Gasteiger partial charge in [0, 0.05) is 32.9 Å². The molecule has 0 bridgehead atoms. The van der Waals surface area contributed by atoms with Crippen molar-refractivity contribution in [2.45, 2.75) is 44.1 Å². The summed E-state index contributed by atoms with van der Waals surface area (Å²) in [5.74, 6) is 1.47. The number of carbonyl (C=O) groups is 2. The molecule has 0 aromatic heterocycles. The SMILES string of the molecule is COC(OC)[C@@H]1CSCN1C(=O)[C@@H]1CCCN1C(=O)CC1=Cc2ccccc2C1. The molecule has 0 spiro atoms. The van der Waals surface area contributed by atoms with E-state index in [0.717, 1.165) is 30.6 Å². The standard InChI is InChI=1S/C22H28N2O4S/c1-27-22(28-2)19-13-29-14-24(19)21(26)18-8-5-9-23(18)20(25)12-15-10-16-6-3-4-7-17(16)11-15/h3-4,6-7,10,18-19,22H,5,8-9,11-14H2,1-2H3/t18-,19-/m0/s1. The third-order valence-corrected chi connectivity index (χ3v) is 7.09. The molecular formula is C22H28N2O4S. The second kappa shape index (κ2) is 8.90. The highest BCUT2D eigenvalue weighted by Gasteiger charge is 2.42. The largest absolute Gasteiger partial charge is 0.354 e. The van der Waals surface area contributed by atoms with Gasteiger partial charge in [0.25, 0.3) is 0 Å². The van der Waals surface area contributed by atoms with Crippen LogP contribution >= 0.6 is 11.8 Å². The van der Waals surface area contributed by atoms with Crippen molar-refractivity contribution in [3.8, 4) is 0 Å². The highest BCUT2D eigenvalue weighted by molar-refractivity contribution is 7.99. The van der Waals surface area contributed by atoms with E-state index in [1.54, 1.807) is 30.9 Å². The van der Waals surface area contributed by atoms with E-state index in [-0.39, 0.29) is 23.9 Å². The number of methoxy groups -OCH3 is 2. The molecule has 1 aliphatic carbocycles. The lowest BCUT2D eigenvalue weighted by molar-refractivity contribution is -0.160. The summed E-state index contributed by atoms with van der Waals surface area (Å²) in [5, 5.41) is 0. The van der Waals surface area contributed by atoms with Crippen molar-refractivity contribution in [3.05, 3.63) is 41.0 Å². The molecule has 156 valence electrons. The van der Waals surface area contributed by atoms with Crippen molar-refractivity contribution in [3.63, 3.8) is 0 Å². The predicted molar refractivity (Wildman–Crippen MR) is 113 cm³/mol. The molecule has 0 saturated carbocycles. The van der Waals surface area contributed by atoms with Crippen LogP contribution in [-0.4, -0.2) is 72.4 Å². The maximum absolute atomic E-state index is 13.3. The number of hydrogen-bond donors (Lipinski definition) is 0. The van der Waals surface area contributed by atoms with Crippen LogP contribution < -0.4 is 0 Å². The van der Waals surface area contributed by atoms with Crippen molar-refractivity contribution < 1.29 is 19.1 Å². The first-order valence-corrected chi connectivity index (χ1v) is 11.3. The molecule has 2 amide bonds. The normalized spacial score (nSPS) is 23.6. The van der Waals surface area contributed by atoms with E-state index in [0.29, 0.717) is 18.8 Å². The van der Waals surface area contributed by atoms with Crippen LogP contribution in [0, 0.1) is 0 Å². The number of amides is 2. The van der Waals surface area contributed by atoms with E-state index in [1.165, 1.54) is 11.1 Å². The number of carbonyl (C=O) groups excluding carboxylic acids is 2. The molecule has 2 saturated heterocycles. The first-order valence-electron chi connectivity index (χ1n) is 10.1. The Hall–Kier alpha value is -1.83. The minimum Gasteiger partial charge on any atom is -0.354 e. The van der Waals surface area contributed by atoms with Crippen LogP contribution in [0.25, 0.3) is 6.08 Å². The van der Waals surface area contributed by atoms with Gasteiger partial charge < -0.3 is 19.3 Å². The third-order valence-electron chi connectivity index (χ3n) is 6.05. The molecule has 29 heavy (non-hydrogen) atoms. The zero-order valence-electron chi connectivity index (χ0n) is 17.0. The van der Waals surface area contributed by atoms with Crippen molar-refractivity contribution in [2.75, 3.05) is 32.4 Å². The maximum Gasteiger partial charge on any atom is 0.246 e. The van der Waals surface area contributed by atoms with Crippen LogP contribution in [-0.2, 0) is 25.5 Å². The van der Waals surface area contributed by atoms with Crippen molar-refractivity contribution in [2.24, 2.45) is 0 Å². The summed E-state index contributed by atoms with van der Waals surface area (Å²) in [6.07, 6.45) is 4.47. The molecule has 4 rings (SSSR count). The summed E-state index contributed by atoms with van der Waals surface area (Å²) in [6.45, 7) is 0.652. The quantitative estimate of drug-likeness (QED) is 0.667. The number of ether oxygens (including phenoxy) is 2. The monoisotopic (exact) mass is 416 g/mol. The fraction of sp³-hybridized carbons (Fsp3) is 0.545. The van der Waals surface area contributed by atoms with E-state index < -0.39 is 6.29 Å². The van der Waals surface area contributed by atoms with Crippen LogP contribution in [0.1, 0.15) is 30.4 Å². The molecule has 3 aliphatic rings. The Morgan fingerprint density at radius 2 is 2.00 bits per heavy atom. The van der Waals surface area contributed by atoms with E-state index >= 15 is 0 Å². The fourth-order valence-electron chi connectivity index (χ4n) is 4.59. The summed E-state index contributed by atoms with van der Waals surface area (Å²) >= 11 is 1.70. The Bertz CT molecular complexity index is 808. The van der Waals surface area contributed by atoms with Gasteiger partial charge in [0.05, 0.1) is 11.9 Å². The molecule has 0 radical (unpaired) electrons. The Kier molecular flexibility index (Phi) is 6.27. The number of hydrogen-bond acceptors (Lipinski definition) is 5. The Morgan fingerprint density at radius 3 is 2.76 bits per heavy atom. The van der Waals surface area contributed by atoms with Crippen LogP contribution in [0.5, 0.6) is 0 Å². The fourth-order valence-corrected chi connectivity index (χ4v) is 5.79. The van der Waals surface area contributed by atoms with Crippen LogP contribution in [0.4, 0.5) is 0 Å². The molecule has 2 atom stereocenters. The summed E-state index contributed by atoms with van der Waals surface area (Å²) in [5.41, 5.74) is 3.60. The first-order chi connectivity index (χ1) is 14.1. The van der Waals surface area contributed by atoms with Gasteiger partial charge in [-0.25, -0.2) is 0 Å². The van der Waals surface area contributed by atoms with Crippen molar-refractivity contribution in [1.82, 2.24) is 9.80 Å². The summed E-state index contributed by atoms with van der Waals surface area (Å²) in [7, 11) is 3.19. The lowest BCUT2D eigenvalue weighted by Gasteiger charge is -2.33. The number of nitrogens with zero attached hydrogens (tertiary/aromatic N) is 2. The number of rotatable bonds is 6. The highest BCUT2D eigenvalue weighted by atomic mass is 32.2. The lowest BCUT2D eigenvalue weighted by Crippen LogP contribution is -2.53. The number of fused-ring (bicyclic) bond motifs is 1. The topological polar surface area (TPSA) is 59.1 Å². The van der Waals surface area contributed by atoms with E-state index in [9.17, 15) is 9.59 Å². The second-order valence-corrected chi connectivity index (χ2v) is 8.81. The first kappa shape index (κ1) is 20.4. The van der Waals surface area contributed by atoms with Crippen LogP contribution in [0.2, 0.25) is 0 Å². The molecule has 6 nitrogen and oxygen atoms in total. The molecule has 0 N–H and O–H groups in total. The predicted octanol–water partition coefficient (Wildman–Crippen LogP) is 2.53. The molecule has 7 heteroatoms. The maximum atomic E-state index is 13.3. The van der Waals surface area contributed by atoms with Gasteiger partial charge in [-0.1, -0.05) is 35.9 Å². The van der Waals surface area contributed by atoms with Gasteiger partial charge in [-0.3, -0.25) is 9.59 Å². The zero-order chi connectivity index (χ0) is 20.4. The Balaban J connectivity index is 1.42. The average Bonchev–Trinajstić information content (AvgIpc) is 3.47. The van der Waals surface area contributed by atoms with Gasteiger partial charge in [-0.2, -0.15) is 0 Å². The van der Waals surface area contributed by atoms with E-state index in [2.05, 4.69) is 18.2 Å². The molecule has 2 heterocycles.